The molecule has 0 aromatic rings. The summed E-state index contributed by atoms with van der Waals surface area (Å²) in [6.07, 6.45) is 9.90. The highest BCUT2D eigenvalue weighted by Gasteiger charge is 2.20. The molecule has 0 amide bonds. The van der Waals surface area contributed by atoms with Crippen LogP contribution in [0.1, 0.15) is 32.6 Å². The van der Waals surface area contributed by atoms with Crippen LogP contribution in [0.4, 0.5) is 0 Å². The Balaban J connectivity index is 2.15. The van der Waals surface area contributed by atoms with Crippen molar-refractivity contribution in [2.24, 2.45) is 5.92 Å². The average Bonchev–Trinajstić information content (AvgIpc) is 2.15. The van der Waals surface area contributed by atoms with Crippen LogP contribution in [0, 0.1) is 5.92 Å². The van der Waals surface area contributed by atoms with Crippen molar-refractivity contribution in [1.82, 2.24) is 0 Å². The van der Waals surface area contributed by atoms with Crippen LogP contribution >= 0.6 is 12.6 Å². The van der Waals surface area contributed by atoms with Crippen LogP contribution in [-0.2, 0) is 4.74 Å². The standard InChI is InChI=1S/C11H20OS/c1-10-6-2-3-7-11(10)12-8-4-5-9-13/h4-5,10-11,13H,2-3,6-9H2,1H3. The van der Waals surface area contributed by atoms with Crippen LogP contribution in [-0.4, -0.2) is 18.5 Å². The normalized spacial score (nSPS) is 29.7. The number of thiol groups is 1. The molecule has 0 spiro atoms. The van der Waals surface area contributed by atoms with Crippen LogP contribution in [0.5, 0.6) is 0 Å². The van der Waals surface area contributed by atoms with E-state index in [1.165, 1.54) is 25.7 Å². The summed E-state index contributed by atoms with van der Waals surface area (Å²) in [6, 6.07) is 0. The third-order valence-corrected chi connectivity index (χ3v) is 2.92. The minimum Gasteiger partial charge on any atom is -0.374 e. The van der Waals surface area contributed by atoms with E-state index in [4.69, 9.17) is 4.74 Å². The van der Waals surface area contributed by atoms with Crippen LogP contribution in [0.2, 0.25) is 0 Å². The summed E-state index contributed by atoms with van der Waals surface area (Å²) in [7, 11) is 0. The second kappa shape index (κ2) is 6.50. The minimum absolute atomic E-state index is 0.498. The van der Waals surface area contributed by atoms with Gasteiger partial charge in [0.2, 0.25) is 0 Å². The van der Waals surface area contributed by atoms with Crippen molar-refractivity contribution in [2.45, 2.75) is 38.7 Å². The van der Waals surface area contributed by atoms with E-state index in [2.05, 4.69) is 25.6 Å². The molecule has 1 saturated carbocycles. The van der Waals surface area contributed by atoms with Gasteiger partial charge >= 0.3 is 0 Å². The van der Waals surface area contributed by atoms with Gasteiger partial charge in [-0.2, -0.15) is 12.6 Å². The van der Waals surface area contributed by atoms with Gasteiger partial charge in [0, 0.05) is 5.75 Å². The fourth-order valence-electron chi connectivity index (χ4n) is 1.85. The largest absolute Gasteiger partial charge is 0.374 e. The lowest BCUT2D eigenvalue weighted by Gasteiger charge is -2.28. The van der Waals surface area contributed by atoms with Crippen LogP contribution in [0.3, 0.4) is 0 Å². The highest BCUT2D eigenvalue weighted by atomic mass is 32.1. The Morgan fingerprint density at radius 1 is 1.31 bits per heavy atom. The van der Waals surface area contributed by atoms with E-state index in [-0.39, 0.29) is 0 Å². The second-order valence-electron chi connectivity index (χ2n) is 3.79. The zero-order chi connectivity index (χ0) is 9.52. The summed E-state index contributed by atoms with van der Waals surface area (Å²) in [6.45, 7) is 3.06. The van der Waals surface area contributed by atoms with Gasteiger partial charge < -0.3 is 4.74 Å². The zero-order valence-corrected chi connectivity index (χ0v) is 9.30. The molecule has 0 aromatic carbocycles. The molecule has 2 unspecified atom stereocenters. The van der Waals surface area contributed by atoms with Crippen molar-refractivity contribution in [1.29, 1.82) is 0 Å². The summed E-state index contributed by atoms with van der Waals surface area (Å²) < 4.78 is 5.78. The van der Waals surface area contributed by atoms with E-state index in [0.717, 1.165) is 18.3 Å². The molecule has 0 N–H and O–H groups in total. The molecule has 1 rings (SSSR count). The molecule has 2 atom stereocenters. The van der Waals surface area contributed by atoms with E-state index >= 15 is 0 Å². The summed E-state index contributed by atoms with van der Waals surface area (Å²) >= 11 is 4.10. The first-order chi connectivity index (χ1) is 6.34. The van der Waals surface area contributed by atoms with Gasteiger partial charge in [0.1, 0.15) is 0 Å². The van der Waals surface area contributed by atoms with Crippen molar-refractivity contribution in [3.63, 3.8) is 0 Å². The second-order valence-corrected chi connectivity index (χ2v) is 4.15. The quantitative estimate of drug-likeness (QED) is 0.542. The van der Waals surface area contributed by atoms with Gasteiger partial charge in [-0.3, -0.25) is 0 Å². The maximum absolute atomic E-state index is 5.78. The monoisotopic (exact) mass is 200 g/mol. The molecule has 1 fully saturated rings. The molecule has 0 radical (unpaired) electrons. The lowest BCUT2D eigenvalue weighted by Crippen LogP contribution is -2.25. The van der Waals surface area contributed by atoms with Gasteiger partial charge in [0.15, 0.2) is 0 Å². The van der Waals surface area contributed by atoms with Crippen molar-refractivity contribution in [3.8, 4) is 0 Å². The van der Waals surface area contributed by atoms with Crippen LogP contribution in [0.25, 0.3) is 0 Å². The number of ether oxygens (including phenoxy) is 1. The van der Waals surface area contributed by atoms with Gasteiger partial charge in [-0.15, -0.1) is 0 Å². The highest BCUT2D eigenvalue weighted by Crippen LogP contribution is 2.26. The van der Waals surface area contributed by atoms with Gasteiger partial charge in [-0.1, -0.05) is 31.9 Å². The van der Waals surface area contributed by atoms with Crippen molar-refractivity contribution in [3.05, 3.63) is 12.2 Å². The predicted molar refractivity (Wildman–Crippen MR) is 60.4 cm³/mol. The molecule has 0 bridgehead atoms. The topological polar surface area (TPSA) is 9.23 Å². The Kier molecular flexibility index (Phi) is 5.56. The van der Waals surface area contributed by atoms with Gasteiger partial charge in [-0.05, 0) is 18.8 Å². The van der Waals surface area contributed by atoms with E-state index < -0.39 is 0 Å². The van der Waals surface area contributed by atoms with E-state index in [9.17, 15) is 0 Å². The summed E-state index contributed by atoms with van der Waals surface area (Å²) in [5.74, 6) is 1.56. The van der Waals surface area contributed by atoms with Crippen LogP contribution < -0.4 is 0 Å². The minimum atomic E-state index is 0.498. The fraction of sp³-hybridized carbons (Fsp3) is 0.818. The van der Waals surface area contributed by atoms with Crippen LogP contribution in [0.15, 0.2) is 12.2 Å². The Bertz CT molecular complexity index is 156. The Morgan fingerprint density at radius 2 is 2.08 bits per heavy atom. The third kappa shape index (κ3) is 4.19. The molecule has 2 heteroatoms. The molecule has 0 heterocycles. The van der Waals surface area contributed by atoms with Crippen molar-refractivity contribution < 1.29 is 4.74 Å². The van der Waals surface area contributed by atoms with Crippen molar-refractivity contribution >= 4 is 12.6 Å². The molecule has 13 heavy (non-hydrogen) atoms. The highest BCUT2D eigenvalue weighted by molar-refractivity contribution is 7.80. The maximum atomic E-state index is 5.78. The zero-order valence-electron chi connectivity index (χ0n) is 8.41. The molecule has 0 aliphatic heterocycles. The van der Waals surface area contributed by atoms with Gasteiger partial charge in [0.05, 0.1) is 12.7 Å². The third-order valence-electron chi connectivity index (χ3n) is 2.71. The first kappa shape index (κ1) is 11.1. The van der Waals surface area contributed by atoms with Crippen molar-refractivity contribution in [2.75, 3.05) is 12.4 Å². The summed E-state index contributed by atoms with van der Waals surface area (Å²) in [5, 5.41) is 0. The number of hydrogen-bond acceptors (Lipinski definition) is 2. The SMILES string of the molecule is CC1CCCCC1OCC=CCS. The number of hydrogen-bond donors (Lipinski definition) is 1. The predicted octanol–water partition coefficient (Wildman–Crippen LogP) is 3.07. The smallest absolute Gasteiger partial charge is 0.0651 e. The Morgan fingerprint density at radius 3 is 2.77 bits per heavy atom. The molecular formula is C11H20OS. The first-order valence-electron chi connectivity index (χ1n) is 5.22. The van der Waals surface area contributed by atoms with E-state index in [1.807, 2.05) is 6.08 Å². The molecule has 76 valence electrons. The average molecular weight is 200 g/mol. The van der Waals surface area contributed by atoms with E-state index in [0.29, 0.717) is 6.10 Å². The molecule has 1 aliphatic carbocycles. The molecular weight excluding hydrogens is 180 g/mol. The molecule has 1 aliphatic rings. The maximum Gasteiger partial charge on any atom is 0.0651 e. The lowest BCUT2D eigenvalue weighted by atomic mass is 9.88. The van der Waals surface area contributed by atoms with E-state index in [1.54, 1.807) is 0 Å². The van der Waals surface area contributed by atoms with Gasteiger partial charge in [-0.25, -0.2) is 0 Å². The molecule has 0 aromatic heterocycles. The summed E-state index contributed by atoms with van der Waals surface area (Å²) in [5.41, 5.74) is 0. The first-order valence-corrected chi connectivity index (χ1v) is 5.85. The summed E-state index contributed by atoms with van der Waals surface area (Å²) in [4.78, 5) is 0. The molecule has 0 saturated heterocycles. The van der Waals surface area contributed by atoms with Gasteiger partial charge in [0.25, 0.3) is 0 Å². The molecule has 1 nitrogen and oxygen atoms in total. The number of rotatable bonds is 4. The Hall–Kier alpha value is 0.0500. The Labute approximate surface area is 87.0 Å². The fourth-order valence-corrected chi connectivity index (χ4v) is 2.00. The lowest BCUT2D eigenvalue weighted by molar-refractivity contribution is 0.0103.